The highest BCUT2D eigenvalue weighted by Crippen LogP contribution is 2.22. The Morgan fingerprint density at radius 3 is 2.94 bits per heavy atom. The lowest BCUT2D eigenvalue weighted by molar-refractivity contribution is 0.305. The fourth-order valence-electron chi connectivity index (χ4n) is 1.41. The van der Waals surface area contributed by atoms with Gasteiger partial charge in [0.1, 0.15) is 24.0 Å². The molecule has 0 saturated carbocycles. The Balaban J connectivity index is 2.09. The van der Waals surface area contributed by atoms with E-state index in [1.54, 1.807) is 18.3 Å². The van der Waals surface area contributed by atoms with Gasteiger partial charge in [-0.1, -0.05) is 17.7 Å². The highest BCUT2D eigenvalue weighted by atomic mass is 35.5. The maximum absolute atomic E-state index is 13.2. The zero-order valence-corrected chi connectivity index (χ0v) is 10.1. The number of ether oxygens (including phenoxy) is 1. The largest absolute Gasteiger partial charge is 0.489 e. The molecule has 0 unspecified atom stereocenters. The second-order valence-corrected chi connectivity index (χ2v) is 3.93. The number of halogens is 2. The Bertz CT molecular complexity index is 551. The molecule has 0 spiro atoms. The second-order valence-electron chi connectivity index (χ2n) is 3.52. The highest BCUT2D eigenvalue weighted by molar-refractivity contribution is 6.30. The molecule has 4 nitrogen and oxygen atoms in total. The van der Waals surface area contributed by atoms with Crippen LogP contribution in [0.5, 0.6) is 5.75 Å². The first-order valence-corrected chi connectivity index (χ1v) is 5.57. The summed E-state index contributed by atoms with van der Waals surface area (Å²) in [4.78, 5) is 4.03. The third-order valence-electron chi connectivity index (χ3n) is 2.31. The number of nitrogen functional groups attached to an aromatic ring is 1. The first-order chi connectivity index (χ1) is 8.70. The van der Waals surface area contributed by atoms with Crippen molar-refractivity contribution in [3.05, 3.63) is 52.9 Å². The summed E-state index contributed by atoms with van der Waals surface area (Å²) in [6.07, 6.45) is 1.61. The van der Waals surface area contributed by atoms with Crippen LogP contribution in [-0.4, -0.2) is 4.98 Å². The lowest BCUT2D eigenvalue weighted by atomic mass is 10.2. The predicted octanol–water partition coefficient (Wildman–Crippen LogP) is 2.74. The number of rotatable bonds is 4. The van der Waals surface area contributed by atoms with Crippen LogP contribution in [0.1, 0.15) is 5.56 Å². The van der Waals surface area contributed by atoms with Crippen LogP contribution in [0.2, 0.25) is 5.02 Å². The van der Waals surface area contributed by atoms with E-state index in [2.05, 4.69) is 10.4 Å². The Morgan fingerprint density at radius 1 is 1.39 bits per heavy atom. The van der Waals surface area contributed by atoms with E-state index in [1.807, 2.05) is 6.07 Å². The van der Waals surface area contributed by atoms with Gasteiger partial charge in [0.25, 0.3) is 0 Å². The molecule has 1 aromatic carbocycles. The molecule has 1 aromatic heterocycles. The standard InChI is InChI=1S/C12H11ClFN3O/c13-10-4-3-9(6-11(10)14)18-7-8-2-1-5-16-12(8)17-15/h1-6H,7,15H2,(H,16,17). The molecule has 0 aliphatic heterocycles. The Hall–Kier alpha value is -1.85. The molecule has 94 valence electrons. The number of nitrogens with one attached hydrogen (secondary N) is 1. The van der Waals surface area contributed by atoms with Crippen LogP contribution in [0.25, 0.3) is 0 Å². The van der Waals surface area contributed by atoms with Crippen molar-refractivity contribution in [2.45, 2.75) is 6.61 Å². The predicted molar refractivity (Wildman–Crippen MR) is 67.8 cm³/mol. The number of aromatic nitrogens is 1. The lowest BCUT2D eigenvalue weighted by Crippen LogP contribution is -2.12. The van der Waals surface area contributed by atoms with Gasteiger partial charge < -0.3 is 10.2 Å². The van der Waals surface area contributed by atoms with Crippen LogP contribution in [0, 0.1) is 5.82 Å². The molecule has 0 amide bonds. The quantitative estimate of drug-likeness (QED) is 0.661. The summed E-state index contributed by atoms with van der Waals surface area (Å²) in [6.45, 7) is 0.231. The van der Waals surface area contributed by atoms with Gasteiger partial charge in [0.15, 0.2) is 0 Å². The third-order valence-corrected chi connectivity index (χ3v) is 2.62. The molecule has 0 fully saturated rings. The van der Waals surface area contributed by atoms with E-state index in [9.17, 15) is 4.39 Å². The Kier molecular flexibility index (Phi) is 3.96. The van der Waals surface area contributed by atoms with Gasteiger partial charge in [-0.25, -0.2) is 15.2 Å². The minimum Gasteiger partial charge on any atom is -0.489 e. The molecule has 2 rings (SSSR count). The summed E-state index contributed by atoms with van der Waals surface area (Å²) in [5.41, 5.74) is 3.24. The number of anilines is 1. The van der Waals surface area contributed by atoms with Gasteiger partial charge in [0.2, 0.25) is 0 Å². The van der Waals surface area contributed by atoms with Gasteiger partial charge in [-0.15, -0.1) is 0 Å². The van der Waals surface area contributed by atoms with Crippen molar-refractivity contribution < 1.29 is 9.13 Å². The van der Waals surface area contributed by atoms with E-state index < -0.39 is 5.82 Å². The van der Waals surface area contributed by atoms with Crippen molar-refractivity contribution in [2.24, 2.45) is 5.84 Å². The number of hydrogen-bond acceptors (Lipinski definition) is 4. The smallest absolute Gasteiger partial charge is 0.146 e. The SMILES string of the molecule is NNc1ncccc1COc1ccc(Cl)c(F)c1. The molecule has 3 N–H and O–H groups in total. The fourth-order valence-corrected chi connectivity index (χ4v) is 1.53. The molecular weight excluding hydrogens is 257 g/mol. The number of pyridine rings is 1. The van der Waals surface area contributed by atoms with Gasteiger partial charge in [-0.3, -0.25) is 0 Å². The molecule has 0 aliphatic rings. The van der Waals surface area contributed by atoms with Crippen LogP contribution < -0.4 is 16.0 Å². The van der Waals surface area contributed by atoms with Crippen molar-refractivity contribution in [1.29, 1.82) is 0 Å². The van der Waals surface area contributed by atoms with Crippen LogP contribution in [-0.2, 0) is 6.61 Å². The van der Waals surface area contributed by atoms with Gasteiger partial charge >= 0.3 is 0 Å². The van der Waals surface area contributed by atoms with Crippen LogP contribution in [0.3, 0.4) is 0 Å². The van der Waals surface area contributed by atoms with Crippen molar-refractivity contribution >= 4 is 17.4 Å². The van der Waals surface area contributed by atoms with Gasteiger partial charge in [-0.2, -0.15) is 0 Å². The van der Waals surface area contributed by atoms with Gasteiger partial charge in [0.05, 0.1) is 5.02 Å². The van der Waals surface area contributed by atoms with Crippen molar-refractivity contribution in [3.8, 4) is 5.75 Å². The average molecular weight is 268 g/mol. The monoisotopic (exact) mass is 267 g/mol. The summed E-state index contributed by atoms with van der Waals surface area (Å²) in [5, 5.41) is 0.0630. The minimum atomic E-state index is -0.516. The topological polar surface area (TPSA) is 60.2 Å². The lowest BCUT2D eigenvalue weighted by Gasteiger charge is -2.09. The number of hydrogen-bond donors (Lipinski definition) is 2. The van der Waals surface area contributed by atoms with E-state index in [0.717, 1.165) is 5.56 Å². The Morgan fingerprint density at radius 2 is 2.22 bits per heavy atom. The molecule has 0 aliphatic carbocycles. The normalized spacial score (nSPS) is 10.2. The van der Waals surface area contributed by atoms with Crippen LogP contribution in [0.15, 0.2) is 36.5 Å². The van der Waals surface area contributed by atoms with E-state index in [-0.39, 0.29) is 11.6 Å². The van der Waals surface area contributed by atoms with E-state index in [0.29, 0.717) is 11.6 Å². The maximum Gasteiger partial charge on any atom is 0.146 e. The Labute approximate surface area is 109 Å². The molecular formula is C12H11ClFN3O. The summed E-state index contributed by atoms with van der Waals surface area (Å²) >= 11 is 5.58. The highest BCUT2D eigenvalue weighted by Gasteiger charge is 2.05. The molecule has 6 heteroatoms. The minimum absolute atomic E-state index is 0.0630. The first kappa shape index (κ1) is 12.6. The molecule has 0 radical (unpaired) electrons. The molecule has 2 aromatic rings. The molecule has 1 heterocycles. The zero-order valence-electron chi connectivity index (χ0n) is 9.36. The summed E-state index contributed by atoms with van der Waals surface area (Å²) in [6, 6.07) is 7.85. The van der Waals surface area contributed by atoms with Crippen LogP contribution in [0.4, 0.5) is 10.2 Å². The summed E-state index contributed by atoms with van der Waals surface area (Å²) in [5.74, 6) is 5.71. The first-order valence-electron chi connectivity index (χ1n) is 5.19. The number of nitrogens with zero attached hydrogens (tertiary/aromatic N) is 1. The zero-order chi connectivity index (χ0) is 13.0. The van der Waals surface area contributed by atoms with E-state index in [1.165, 1.54) is 12.1 Å². The number of nitrogens with two attached hydrogens (primary N) is 1. The molecule has 18 heavy (non-hydrogen) atoms. The summed E-state index contributed by atoms with van der Waals surface area (Å²) < 4.78 is 18.6. The van der Waals surface area contributed by atoms with Crippen LogP contribution >= 0.6 is 11.6 Å². The maximum atomic E-state index is 13.2. The van der Waals surface area contributed by atoms with Gasteiger partial charge in [0, 0.05) is 17.8 Å². The molecule has 0 bridgehead atoms. The van der Waals surface area contributed by atoms with Gasteiger partial charge in [-0.05, 0) is 18.2 Å². The van der Waals surface area contributed by atoms with Crippen molar-refractivity contribution in [3.63, 3.8) is 0 Å². The van der Waals surface area contributed by atoms with Crippen molar-refractivity contribution in [1.82, 2.24) is 4.98 Å². The second kappa shape index (κ2) is 5.66. The summed E-state index contributed by atoms with van der Waals surface area (Å²) in [7, 11) is 0. The average Bonchev–Trinajstić information content (AvgIpc) is 2.40. The molecule has 0 atom stereocenters. The number of hydrazine groups is 1. The van der Waals surface area contributed by atoms with E-state index >= 15 is 0 Å². The van der Waals surface area contributed by atoms with E-state index in [4.69, 9.17) is 22.2 Å². The third kappa shape index (κ3) is 2.88. The molecule has 0 saturated heterocycles. The fraction of sp³-hybridized carbons (Fsp3) is 0.0833. The van der Waals surface area contributed by atoms with Crippen molar-refractivity contribution in [2.75, 3.05) is 5.43 Å². The number of benzene rings is 1.